The molecule has 0 N–H and O–H groups in total. The Kier molecular flexibility index (Phi) is 19.2. The maximum atomic E-state index is 6.95. The van der Waals surface area contributed by atoms with Gasteiger partial charge >= 0.3 is 0 Å². The molecule has 138 valence electrons. The molecule has 0 aliphatic carbocycles. The minimum absolute atomic E-state index is 0.722. The molecule has 24 heavy (non-hydrogen) atoms. The van der Waals surface area contributed by atoms with Crippen molar-refractivity contribution in [3.63, 3.8) is 0 Å². The Hall–Kier alpha value is -1.03. The Balaban J connectivity index is 3.70. The second-order valence-corrected chi connectivity index (χ2v) is 7.16. The van der Waals surface area contributed by atoms with Gasteiger partial charge in [-0.25, -0.2) is 6.57 Å². The molecule has 0 bridgehead atoms. The fourth-order valence-electron chi connectivity index (χ4n) is 3.40. The number of hydrogen-bond acceptors (Lipinski definition) is 0. The lowest BCUT2D eigenvalue weighted by Crippen LogP contribution is -2.02. The third kappa shape index (κ3) is 17.3. The standard InChI is InChI=1S/C23H41N/c1-4-6-8-10-12-14-16-19-23(21-18-22-24-3)20-17-15-13-11-9-7-5-2/h4-5,23H,1-2,6-22H2. The highest BCUT2D eigenvalue weighted by Gasteiger charge is 2.09. The largest absolute Gasteiger partial charge is 0.317 e. The van der Waals surface area contributed by atoms with Crippen molar-refractivity contribution in [3.8, 4) is 0 Å². The SMILES string of the molecule is [C-]#[N+]CCCC(CCCCCCCC=C)CCCCCCCC=C. The molecule has 0 aliphatic rings. The van der Waals surface area contributed by atoms with Crippen LogP contribution in [0.5, 0.6) is 0 Å². The average molecular weight is 332 g/mol. The van der Waals surface area contributed by atoms with Crippen molar-refractivity contribution in [2.75, 3.05) is 6.54 Å². The van der Waals surface area contributed by atoms with Crippen molar-refractivity contribution in [2.45, 2.75) is 103 Å². The van der Waals surface area contributed by atoms with Gasteiger partial charge in [-0.2, -0.15) is 0 Å². The topological polar surface area (TPSA) is 4.36 Å². The second kappa shape index (κ2) is 20.0. The lowest BCUT2D eigenvalue weighted by Gasteiger charge is -2.16. The maximum absolute atomic E-state index is 6.95. The molecule has 0 fully saturated rings. The summed E-state index contributed by atoms with van der Waals surface area (Å²) in [5.74, 6) is 0.869. The molecular weight excluding hydrogens is 290 g/mol. The van der Waals surface area contributed by atoms with E-state index in [4.69, 9.17) is 6.57 Å². The van der Waals surface area contributed by atoms with Crippen LogP contribution in [0.4, 0.5) is 0 Å². The van der Waals surface area contributed by atoms with E-state index in [1.54, 1.807) is 0 Å². The zero-order chi connectivity index (χ0) is 17.7. The Bertz CT molecular complexity index is 290. The monoisotopic (exact) mass is 331 g/mol. The molecule has 0 aliphatic heterocycles. The summed E-state index contributed by atoms with van der Waals surface area (Å²) in [7, 11) is 0. The Morgan fingerprint density at radius 2 is 1.04 bits per heavy atom. The van der Waals surface area contributed by atoms with E-state index in [9.17, 15) is 0 Å². The van der Waals surface area contributed by atoms with Gasteiger partial charge in [0.05, 0.1) is 0 Å². The number of nitrogens with zero attached hydrogens (tertiary/aromatic N) is 1. The zero-order valence-electron chi connectivity index (χ0n) is 16.1. The van der Waals surface area contributed by atoms with Gasteiger partial charge < -0.3 is 4.85 Å². The summed E-state index contributed by atoms with van der Waals surface area (Å²) >= 11 is 0. The Morgan fingerprint density at radius 3 is 1.50 bits per heavy atom. The number of hydrogen-bond donors (Lipinski definition) is 0. The van der Waals surface area contributed by atoms with E-state index in [2.05, 4.69) is 18.0 Å². The van der Waals surface area contributed by atoms with Crippen LogP contribution >= 0.6 is 0 Å². The molecule has 0 aromatic carbocycles. The van der Waals surface area contributed by atoms with Crippen LogP contribution in [0.1, 0.15) is 103 Å². The van der Waals surface area contributed by atoms with Crippen LogP contribution < -0.4 is 0 Å². The molecule has 0 amide bonds. The van der Waals surface area contributed by atoms with Crippen LogP contribution in [-0.2, 0) is 0 Å². The number of unbranched alkanes of at least 4 members (excludes halogenated alkanes) is 10. The lowest BCUT2D eigenvalue weighted by molar-refractivity contribution is 0.376. The summed E-state index contributed by atoms with van der Waals surface area (Å²) in [6.45, 7) is 15.2. The highest BCUT2D eigenvalue weighted by Crippen LogP contribution is 2.23. The van der Waals surface area contributed by atoms with Gasteiger partial charge in [0, 0.05) is 6.42 Å². The predicted octanol–water partition coefficient (Wildman–Crippen LogP) is 8.14. The van der Waals surface area contributed by atoms with Crippen LogP contribution in [0.3, 0.4) is 0 Å². The highest BCUT2D eigenvalue weighted by molar-refractivity contribution is 4.68. The van der Waals surface area contributed by atoms with E-state index in [0.29, 0.717) is 0 Å². The summed E-state index contributed by atoms with van der Waals surface area (Å²) in [6.07, 6.45) is 25.2. The molecular formula is C23H41N. The fourth-order valence-corrected chi connectivity index (χ4v) is 3.40. The van der Waals surface area contributed by atoms with E-state index < -0.39 is 0 Å². The summed E-state index contributed by atoms with van der Waals surface area (Å²) in [5.41, 5.74) is 0. The molecule has 1 nitrogen and oxygen atoms in total. The molecule has 0 aromatic rings. The fraction of sp³-hybridized carbons (Fsp3) is 0.783. The van der Waals surface area contributed by atoms with Crippen LogP contribution in [0.2, 0.25) is 0 Å². The molecule has 0 aromatic heterocycles. The van der Waals surface area contributed by atoms with Gasteiger partial charge in [0.2, 0.25) is 6.54 Å². The van der Waals surface area contributed by atoms with Crippen molar-refractivity contribution >= 4 is 0 Å². The first-order chi connectivity index (χ1) is 11.8. The first-order valence-corrected chi connectivity index (χ1v) is 10.4. The quantitative estimate of drug-likeness (QED) is 0.128. The Morgan fingerprint density at radius 1 is 0.625 bits per heavy atom. The van der Waals surface area contributed by atoms with E-state index in [0.717, 1.165) is 18.9 Å². The molecule has 1 heteroatoms. The van der Waals surface area contributed by atoms with Crippen molar-refractivity contribution in [1.29, 1.82) is 0 Å². The van der Waals surface area contributed by atoms with Gasteiger partial charge in [0.25, 0.3) is 0 Å². The smallest absolute Gasteiger partial charge is 0.214 e. The van der Waals surface area contributed by atoms with Crippen molar-refractivity contribution < 1.29 is 0 Å². The normalized spacial score (nSPS) is 10.7. The lowest BCUT2D eigenvalue weighted by atomic mass is 9.90. The first kappa shape index (κ1) is 23.0. The van der Waals surface area contributed by atoms with Crippen LogP contribution in [0, 0.1) is 12.5 Å². The van der Waals surface area contributed by atoms with Gasteiger partial charge in [-0.15, -0.1) is 13.2 Å². The van der Waals surface area contributed by atoms with Crippen LogP contribution in [0.15, 0.2) is 25.3 Å². The number of allylic oxidation sites excluding steroid dienone is 2. The van der Waals surface area contributed by atoms with Crippen molar-refractivity contribution in [3.05, 3.63) is 36.7 Å². The molecule has 0 radical (unpaired) electrons. The summed E-state index contributed by atoms with van der Waals surface area (Å²) in [4.78, 5) is 3.52. The molecule has 0 saturated heterocycles. The van der Waals surface area contributed by atoms with Gasteiger partial charge in [-0.05, 0) is 38.0 Å². The molecule has 0 heterocycles. The second-order valence-electron chi connectivity index (χ2n) is 7.16. The summed E-state index contributed by atoms with van der Waals surface area (Å²) < 4.78 is 0. The third-order valence-electron chi connectivity index (χ3n) is 4.92. The maximum Gasteiger partial charge on any atom is 0.214 e. The summed E-state index contributed by atoms with van der Waals surface area (Å²) in [5, 5.41) is 0. The van der Waals surface area contributed by atoms with Gasteiger partial charge in [-0.3, -0.25) is 0 Å². The zero-order valence-corrected chi connectivity index (χ0v) is 16.1. The third-order valence-corrected chi connectivity index (χ3v) is 4.92. The first-order valence-electron chi connectivity index (χ1n) is 10.4. The van der Waals surface area contributed by atoms with E-state index in [-0.39, 0.29) is 0 Å². The summed E-state index contributed by atoms with van der Waals surface area (Å²) in [6, 6.07) is 0. The minimum atomic E-state index is 0.722. The van der Waals surface area contributed by atoms with E-state index in [1.165, 1.54) is 96.3 Å². The molecule has 0 saturated carbocycles. The van der Waals surface area contributed by atoms with Gasteiger partial charge in [0.1, 0.15) is 0 Å². The highest BCUT2D eigenvalue weighted by atomic mass is 14.6. The van der Waals surface area contributed by atoms with Gasteiger partial charge in [-0.1, -0.05) is 76.4 Å². The molecule has 0 unspecified atom stereocenters. The van der Waals surface area contributed by atoms with Gasteiger partial charge in [0.15, 0.2) is 0 Å². The van der Waals surface area contributed by atoms with E-state index >= 15 is 0 Å². The average Bonchev–Trinajstić information content (AvgIpc) is 2.59. The molecule has 0 spiro atoms. The van der Waals surface area contributed by atoms with Crippen LogP contribution in [-0.4, -0.2) is 6.54 Å². The van der Waals surface area contributed by atoms with E-state index in [1.807, 2.05) is 12.2 Å². The predicted molar refractivity (Wildman–Crippen MR) is 109 cm³/mol. The van der Waals surface area contributed by atoms with Crippen molar-refractivity contribution in [1.82, 2.24) is 0 Å². The molecule has 0 atom stereocenters. The number of rotatable bonds is 19. The molecule has 0 rings (SSSR count). The minimum Gasteiger partial charge on any atom is -0.317 e. The van der Waals surface area contributed by atoms with Crippen LogP contribution in [0.25, 0.3) is 4.85 Å². The Labute approximate surface area is 152 Å². The van der Waals surface area contributed by atoms with Crippen molar-refractivity contribution in [2.24, 2.45) is 5.92 Å².